The molecule has 0 fully saturated rings. The normalized spacial score (nSPS) is 11.4. The topological polar surface area (TPSA) is 12.4 Å². The second-order valence-corrected chi connectivity index (χ2v) is 3.49. The Balaban J connectivity index is 2.70. The first-order valence-corrected chi connectivity index (χ1v) is 4.68. The van der Waals surface area contributed by atoms with Gasteiger partial charge in [-0.3, -0.25) is 4.99 Å². The van der Waals surface area contributed by atoms with Crippen LogP contribution in [0.5, 0.6) is 0 Å². The Morgan fingerprint density at radius 3 is 3.00 bits per heavy atom. The molecule has 0 amide bonds. The average Bonchev–Trinajstić information content (AvgIpc) is 2.50. The lowest BCUT2D eigenvalue weighted by Gasteiger charge is -1.88. The fourth-order valence-corrected chi connectivity index (χ4v) is 2.15. The Hall–Kier alpha value is -1.15. The zero-order valence-electron chi connectivity index (χ0n) is 6.82. The van der Waals surface area contributed by atoms with E-state index in [0.717, 1.165) is 0 Å². The maximum Gasteiger partial charge on any atom is 0.0349 e. The monoisotopic (exact) mass is 175 g/mol. The maximum absolute atomic E-state index is 4.01. The molecule has 2 rings (SSSR count). The molecular weight excluding hydrogens is 166 g/mol. The Bertz CT molecular complexity index is 414. The van der Waals surface area contributed by atoms with Gasteiger partial charge in [0.15, 0.2) is 0 Å². The van der Waals surface area contributed by atoms with Crippen LogP contribution in [0.15, 0.2) is 34.6 Å². The van der Waals surface area contributed by atoms with Gasteiger partial charge in [0.1, 0.15) is 0 Å². The van der Waals surface area contributed by atoms with Gasteiger partial charge in [0.2, 0.25) is 0 Å². The van der Waals surface area contributed by atoms with Crippen LogP contribution in [-0.2, 0) is 0 Å². The highest BCUT2D eigenvalue weighted by Gasteiger charge is 1.98. The number of aliphatic imine (C=N–C) groups is 1. The van der Waals surface area contributed by atoms with Gasteiger partial charge in [-0.2, -0.15) is 0 Å². The number of benzene rings is 1. The third-order valence-corrected chi connectivity index (χ3v) is 2.76. The van der Waals surface area contributed by atoms with E-state index >= 15 is 0 Å². The summed E-state index contributed by atoms with van der Waals surface area (Å²) >= 11 is 1.76. The average molecular weight is 175 g/mol. The molecule has 0 bridgehead atoms. The van der Waals surface area contributed by atoms with E-state index in [0.29, 0.717) is 0 Å². The first-order valence-electron chi connectivity index (χ1n) is 3.80. The lowest BCUT2D eigenvalue weighted by Crippen LogP contribution is -1.75. The first kappa shape index (κ1) is 7.50. The summed E-state index contributed by atoms with van der Waals surface area (Å²) in [6, 6.07) is 8.38. The molecule has 0 spiro atoms. The van der Waals surface area contributed by atoms with Crippen LogP contribution in [-0.4, -0.2) is 13.3 Å². The van der Waals surface area contributed by atoms with Gasteiger partial charge in [-0.1, -0.05) is 18.2 Å². The largest absolute Gasteiger partial charge is 0.296 e. The van der Waals surface area contributed by atoms with Gasteiger partial charge in [-0.25, -0.2) is 0 Å². The summed E-state index contributed by atoms with van der Waals surface area (Å²) in [5.74, 6) is 0. The molecule has 0 aliphatic rings. The molecule has 0 aliphatic carbocycles. The number of hydrogen-bond donors (Lipinski definition) is 0. The number of thiophene rings is 1. The highest BCUT2D eigenvalue weighted by atomic mass is 32.1. The molecule has 1 heterocycles. The quantitative estimate of drug-likeness (QED) is 0.591. The van der Waals surface area contributed by atoms with E-state index in [1.165, 1.54) is 15.6 Å². The fourth-order valence-electron chi connectivity index (χ4n) is 1.24. The number of nitrogens with zero attached hydrogens (tertiary/aromatic N) is 1. The van der Waals surface area contributed by atoms with Crippen molar-refractivity contribution in [1.82, 2.24) is 0 Å². The molecule has 0 atom stereocenters. The third-order valence-electron chi connectivity index (χ3n) is 1.78. The van der Waals surface area contributed by atoms with E-state index in [-0.39, 0.29) is 0 Å². The van der Waals surface area contributed by atoms with Crippen molar-refractivity contribution in [2.75, 3.05) is 7.05 Å². The summed E-state index contributed by atoms with van der Waals surface area (Å²) in [4.78, 5) is 4.01. The molecule has 12 heavy (non-hydrogen) atoms. The van der Waals surface area contributed by atoms with Crippen molar-refractivity contribution in [3.05, 3.63) is 35.2 Å². The summed E-state index contributed by atoms with van der Waals surface area (Å²) in [7, 11) is 1.80. The Morgan fingerprint density at radius 1 is 1.33 bits per heavy atom. The van der Waals surface area contributed by atoms with Crippen molar-refractivity contribution in [3.8, 4) is 0 Å². The van der Waals surface area contributed by atoms with Gasteiger partial charge in [-0.15, -0.1) is 11.3 Å². The molecule has 2 heteroatoms. The zero-order chi connectivity index (χ0) is 8.39. The van der Waals surface area contributed by atoms with Crippen molar-refractivity contribution in [3.63, 3.8) is 0 Å². The fraction of sp³-hybridized carbons (Fsp3) is 0.100. The molecule has 60 valence electrons. The summed E-state index contributed by atoms with van der Waals surface area (Å²) in [5.41, 5.74) is 1.22. The smallest absolute Gasteiger partial charge is 0.0349 e. The van der Waals surface area contributed by atoms with E-state index in [2.05, 4.69) is 34.6 Å². The van der Waals surface area contributed by atoms with E-state index in [9.17, 15) is 0 Å². The van der Waals surface area contributed by atoms with Crippen LogP contribution in [0.1, 0.15) is 5.56 Å². The predicted molar refractivity (Wildman–Crippen MR) is 55.3 cm³/mol. The summed E-state index contributed by atoms with van der Waals surface area (Å²) in [5, 5.41) is 3.44. The van der Waals surface area contributed by atoms with Crippen LogP contribution >= 0.6 is 11.3 Å². The van der Waals surface area contributed by atoms with Crippen LogP contribution in [0.4, 0.5) is 0 Å². The second-order valence-electron chi connectivity index (χ2n) is 2.57. The van der Waals surface area contributed by atoms with Gasteiger partial charge in [0.25, 0.3) is 0 Å². The molecule has 1 nitrogen and oxygen atoms in total. The molecule has 0 saturated heterocycles. The summed E-state index contributed by atoms with van der Waals surface area (Å²) < 4.78 is 1.33. The van der Waals surface area contributed by atoms with Crippen LogP contribution in [0, 0.1) is 0 Å². The molecule has 0 N–H and O–H groups in total. The Labute approximate surface area is 75.4 Å². The van der Waals surface area contributed by atoms with Crippen LogP contribution in [0.3, 0.4) is 0 Å². The molecule has 0 aliphatic heterocycles. The molecule has 1 aromatic carbocycles. The standard InChI is InChI=1S/C10H9NS/c1-11-6-8-7-12-10-5-3-2-4-9(8)10/h2-7H,1H3. The minimum absolute atomic E-state index is 1.22. The minimum atomic E-state index is 1.22. The van der Waals surface area contributed by atoms with E-state index in [1.54, 1.807) is 18.4 Å². The lowest BCUT2D eigenvalue weighted by atomic mass is 10.2. The van der Waals surface area contributed by atoms with Gasteiger partial charge in [-0.05, 0) is 6.07 Å². The van der Waals surface area contributed by atoms with Crippen molar-refractivity contribution in [1.29, 1.82) is 0 Å². The van der Waals surface area contributed by atoms with Gasteiger partial charge in [0, 0.05) is 34.3 Å². The highest BCUT2D eigenvalue weighted by Crippen LogP contribution is 2.23. The van der Waals surface area contributed by atoms with Gasteiger partial charge >= 0.3 is 0 Å². The number of rotatable bonds is 1. The third kappa shape index (κ3) is 1.14. The van der Waals surface area contributed by atoms with Gasteiger partial charge < -0.3 is 0 Å². The molecule has 0 unspecified atom stereocenters. The van der Waals surface area contributed by atoms with Crippen molar-refractivity contribution >= 4 is 27.6 Å². The van der Waals surface area contributed by atoms with E-state index < -0.39 is 0 Å². The molecule has 0 saturated carbocycles. The lowest BCUT2D eigenvalue weighted by molar-refractivity contribution is 1.47. The predicted octanol–water partition coefficient (Wildman–Crippen LogP) is 2.95. The SMILES string of the molecule is CN=Cc1csc2ccccc12. The Morgan fingerprint density at radius 2 is 2.17 bits per heavy atom. The van der Waals surface area contributed by atoms with E-state index in [1.807, 2.05) is 6.21 Å². The van der Waals surface area contributed by atoms with E-state index in [4.69, 9.17) is 0 Å². The summed E-state index contributed by atoms with van der Waals surface area (Å²) in [6.45, 7) is 0. The molecular formula is C10H9NS. The number of hydrogen-bond acceptors (Lipinski definition) is 2. The second kappa shape index (κ2) is 3.07. The van der Waals surface area contributed by atoms with Crippen LogP contribution < -0.4 is 0 Å². The summed E-state index contributed by atoms with van der Waals surface area (Å²) in [6.07, 6.45) is 1.90. The maximum atomic E-state index is 4.01. The van der Waals surface area contributed by atoms with Crippen LogP contribution in [0.2, 0.25) is 0 Å². The minimum Gasteiger partial charge on any atom is -0.296 e. The highest BCUT2D eigenvalue weighted by molar-refractivity contribution is 7.17. The zero-order valence-corrected chi connectivity index (χ0v) is 7.64. The first-order chi connectivity index (χ1) is 5.92. The Kier molecular flexibility index (Phi) is 1.92. The molecule has 0 radical (unpaired) electrons. The van der Waals surface area contributed by atoms with Gasteiger partial charge in [0.05, 0.1) is 0 Å². The van der Waals surface area contributed by atoms with Crippen molar-refractivity contribution in [2.45, 2.75) is 0 Å². The van der Waals surface area contributed by atoms with Crippen molar-refractivity contribution < 1.29 is 0 Å². The number of fused-ring (bicyclic) bond motifs is 1. The molecule has 1 aromatic heterocycles. The molecule has 2 aromatic rings. The van der Waals surface area contributed by atoms with Crippen LogP contribution in [0.25, 0.3) is 10.1 Å². The van der Waals surface area contributed by atoms with Crippen molar-refractivity contribution in [2.24, 2.45) is 4.99 Å².